The first-order valence-corrected chi connectivity index (χ1v) is 6.34. The number of aryl methyl sites for hydroxylation is 1. The molecule has 0 aliphatic heterocycles. The van der Waals surface area contributed by atoms with Gasteiger partial charge in [-0.2, -0.15) is 4.98 Å². The summed E-state index contributed by atoms with van der Waals surface area (Å²) in [5.41, 5.74) is 0. The average molecular weight is 255 g/mol. The van der Waals surface area contributed by atoms with Crippen LogP contribution in [0.15, 0.2) is 4.52 Å². The Kier molecular flexibility index (Phi) is 5.77. The van der Waals surface area contributed by atoms with Gasteiger partial charge in [-0.25, -0.2) is 0 Å². The van der Waals surface area contributed by atoms with Gasteiger partial charge < -0.3 is 9.63 Å². The molecule has 102 valence electrons. The lowest BCUT2D eigenvalue weighted by atomic mass is 10.2. The van der Waals surface area contributed by atoms with Gasteiger partial charge in [-0.05, 0) is 19.8 Å². The Labute approximate surface area is 107 Å². The van der Waals surface area contributed by atoms with Crippen molar-refractivity contribution in [2.75, 3.05) is 6.54 Å². The van der Waals surface area contributed by atoms with Gasteiger partial charge >= 0.3 is 5.97 Å². The van der Waals surface area contributed by atoms with Crippen molar-refractivity contribution < 1.29 is 14.4 Å². The van der Waals surface area contributed by atoms with E-state index in [2.05, 4.69) is 10.1 Å². The van der Waals surface area contributed by atoms with Crippen molar-refractivity contribution >= 4 is 5.97 Å². The smallest absolute Gasteiger partial charge is 0.317 e. The van der Waals surface area contributed by atoms with Gasteiger partial charge in [0.25, 0.3) is 0 Å². The maximum Gasteiger partial charge on any atom is 0.317 e. The summed E-state index contributed by atoms with van der Waals surface area (Å²) in [6.07, 6.45) is 2.59. The van der Waals surface area contributed by atoms with E-state index in [9.17, 15) is 4.79 Å². The highest BCUT2D eigenvalue weighted by atomic mass is 16.5. The summed E-state index contributed by atoms with van der Waals surface area (Å²) in [6.45, 7) is 6.47. The van der Waals surface area contributed by atoms with Crippen LogP contribution in [0, 0.1) is 0 Å². The molecule has 1 atom stereocenters. The molecule has 0 fully saturated rings. The maximum atomic E-state index is 10.8. The van der Waals surface area contributed by atoms with Crippen LogP contribution in [-0.2, 0) is 17.8 Å². The van der Waals surface area contributed by atoms with Crippen LogP contribution in [0.4, 0.5) is 0 Å². The lowest BCUT2D eigenvalue weighted by Crippen LogP contribution is -2.36. The molecule has 0 bridgehead atoms. The number of hydrogen-bond donors (Lipinski definition) is 1. The van der Waals surface area contributed by atoms with Crippen molar-refractivity contribution in [2.45, 2.75) is 52.6 Å². The Morgan fingerprint density at radius 3 is 2.78 bits per heavy atom. The van der Waals surface area contributed by atoms with Crippen molar-refractivity contribution in [1.29, 1.82) is 0 Å². The summed E-state index contributed by atoms with van der Waals surface area (Å²) in [7, 11) is 0. The Morgan fingerprint density at radius 1 is 1.50 bits per heavy atom. The molecule has 0 radical (unpaired) electrons. The fourth-order valence-corrected chi connectivity index (χ4v) is 1.65. The van der Waals surface area contributed by atoms with E-state index in [-0.39, 0.29) is 12.6 Å². The Bertz CT molecular complexity index is 378. The zero-order chi connectivity index (χ0) is 13.5. The molecule has 1 aromatic rings. The van der Waals surface area contributed by atoms with Gasteiger partial charge in [0, 0.05) is 12.5 Å². The molecule has 1 heterocycles. The van der Waals surface area contributed by atoms with Crippen LogP contribution in [-0.4, -0.2) is 38.7 Å². The van der Waals surface area contributed by atoms with Gasteiger partial charge in [-0.3, -0.25) is 9.69 Å². The van der Waals surface area contributed by atoms with Crippen molar-refractivity contribution in [3.63, 3.8) is 0 Å². The number of carbonyl (C=O) groups is 1. The predicted octanol–water partition coefficient (Wildman–Crippen LogP) is 1.71. The van der Waals surface area contributed by atoms with Crippen LogP contribution in [0.2, 0.25) is 0 Å². The van der Waals surface area contributed by atoms with E-state index in [1.165, 1.54) is 0 Å². The number of rotatable bonds is 8. The molecule has 0 amide bonds. The van der Waals surface area contributed by atoms with Crippen LogP contribution < -0.4 is 0 Å². The Morgan fingerprint density at radius 2 is 2.22 bits per heavy atom. The minimum absolute atomic E-state index is 0.00728. The van der Waals surface area contributed by atoms with Gasteiger partial charge in [-0.1, -0.05) is 19.0 Å². The number of carboxylic acids is 1. The number of hydrogen-bond acceptors (Lipinski definition) is 5. The molecule has 0 spiro atoms. The van der Waals surface area contributed by atoms with E-state index in [1.54, 1.807) is 0 Å². The standard InChI is InChI=1S/C12H21N3O3/c1-4-6-11-13-10(14-18-11)7-15(8-12(16)17)9(3)5-2/h9H,4-8H2,1-3H3,(H,16,17). The summed E-state index contributed by atoms with van der Waals surface area (Å²) < 4.78 is 5.09. The molecule has 1 unspecified atom stereocenters. The van der Waals surface area contributed by atoms with Gasteiger partial charge in [0.05, 0.1) is 13.1 Å². The van der Waals surface area contributed by atoms with E-state index in [4.69, 9.17) is 9.63 Å². The second-order valence-corrected chi connectivity index (χ2v) is 4.41. The molecule has 0 aliphatic carbocycles. The van der Waals surface area contributed by atoms with Crippen LogP contribution >= 0.6 is 0 Å². The molecule has 6 nitrogen and oxygen atoms in total. The third-order valence-corrected chi connectivity index (χ3v) is 2.87. The molecular weight excluding hydrogens is 234 g/mol. The SMILES string of the molecule is CCCc1nc(CN(CC(=O)O)C(C)CC)no1. The zero-order valence-electron chi connectivity index (χ0n) is 11.2. The van der Waals surface area contributed by atoms with E-state index in [1.807, 2.05) is 25.7 Å². The van der Waals surface area contributed by atoms with Gasteiger partial charge in [0.2, 0.25) is 5.89 Å². The molecule has 0 saturated carbocycles. The highest BCUT2D eigenvalue weighted by Crippen LogP contribution is 2.09. The van der Waals surface area contributed by atoms with Crippen LogP contribution in [0.5, 0.6) is 0 Å². The van der Waals surface area contributed by atoms with E-state index in [0.29, 0.717) is 18.3 Å². The van der Waals surface area contributed by atoms with E-state index in [0.717, 1.165) is 19.3 Å². The fourth-order valence-electron chi connectivity index (χ4n) is 1.65. The molecule has 18 heavy (non-hydrogen) atoms. The number of aliphatic carboxylic acids is 1. The summed E-state index contributed by atoms with van der Waals surface area (Å²) >= 11 is 0. The topological polar surface area (TPSA) is 79.5 Å². The summed E-state index contributed by atoms with van der Waals surface area (Å²) in [5.74, 6) is 0.333. The van der Waals surface area contributed by atoms with Gasteiger partial charge in [0.15, 0.2) is 5.82 Å². The summed E-state index contributed by atoms with van der Waals surface area (Å²) in [4.78, 5) is 16.9. The fraction of sp³-hybridized carbons (Fsp3) is 0.750. The lowest BCUT2D eigenvalue weighted by molar-refractivity contribution is -0.139. The maximum absolute atomic E-state index is 10.8. The van der Waals surface area contributed by atoms with Gasteiger partial charge in [0.1, 0.15) is 0 Å². The minimum Gasteiger partial charge on any atom is -0.480 e. The second-order valence-electron chi connectivity index (χ2n) is 4.41. The second kappa shape index (κ2) is 7.10. The Hall–Kier alpha value is -1.43. The largest absolute Gasteiger partial charge is 0.480 e. The first-order valence-electron chi connectivity index (χ1n) is 6.34. The third-order valence-electron chi connectivity index (χ3n) is 2.87. The monoisotopic (exact) mass is 255 g/mol. The van der Waals surface area contributed by atoms with Crippen LogP contribution in [0.25, 0.3) is 0 Å². The van der Waals surface area contributed by atoms with Crippen molar-refractivity contribution in [1.82, 2.24) is 15.0 Å². The van der Waals surface area contributed by atoms with E-state index < -0.39 is 5.97 Å². The molecule has 1 N–H and O–H groups in total. The van der Waals surface area contributed by atoms with E-state index >= 15 is 0 Å². The van der Waals surface area contributed by atoms with Crippen LogP contribution in [0.3, 0.4) is 0 Å². The molecule has 1 aromatic heterocycles. The number of carboxylic acid groups (broad SMARTS) is 1. The Balaban J connectivity index is 2.66. The zero-order valence-corrected chi connectivity index (χ0v) is 11.2. The highest BCUT2D eigenvalue weighted by molar-refractivity contribution is 5.69. The molecular formula is C12H21N3O3. The summed E-state index contributed by atoms with van der Waals surface area (Å²) in [6, 6.07) is 0.175. The van der Waals surface area contributed by atoms with Crippen molar-refractivity contribution in [3.8, 4) is 0 Å². The normalized spacial score (nSPS) is 12.9. The average Bonchev–Trinajstić information content (AvgIpc) is 2.75. The number of nitrogens with zero attached hydrogens (tertiary/aromatic N) is 3. The van der Waals surface area contributed by atoms with Crippen molar-refractivity contribution in [2.24, 2.45) is 0 Å². The lowest BCUT2D eigenvalue weighted by Gasteiger charge is -2.24. The third kappa shape index (κ3) is 4.44. The molecule has 0 saturated heterocycles. The first-order chi connectivity index (χ1) is 8.56. The molecule has 1 rings (SSSR count). The predicted molar refractivity (Wildman–Crippen MR) is 66.1 cm³/mol. The van der Waals surface area contributed by atoms with Crippen LogP contribution in [0.1, 0.15) is 45.3 Å². The highest BCUT2D eigenvalue weighted by Gasteiger charge is 2.18. The molecule has 0 aliphatic rings. The molecule has 0 aromatic carbocycles. The quantitative estimate of drug-likeness (QED) is 0.761. The number of aromatic nitrogens is 2. The molecule has 6 heteroatoms. The first kappa shape index (κ1) is 14.6. The minimum atomic E-state index is -0.840. The van der Waals surface area contributed by atoms with Gasteiger partial charge in [-0.15, -0.1) is 0 Å². The van der Waals surface area contributed by atoms with Crippen molar-refractivity contribution in [3.05, 3.63) is 11.7 Å². The summed E-state index contributed by atoms with van der Waals surface area (Å²) in [5, 5.41) is 12.8.